The molecule has 0 heterocycles. The highest BCUT2D eigenvalue weighted by Gasteiger charge is 2.10. The second-order valence-corrected chi connectivity index (χ2v) is 5.54. The van der Waals surface area contributed by atoms with Crippen LogP contribution in [-0.4, -0.2) is 6.61 Å². The average Bonchev–Trinajstić information content (AvgIpc) is 2.41. The van der Waals surface area contributed by atoms with Crippen LogP contribution in [-0.2, 0) is 6.54 Å². The molecule has 0 aliphatic rings. The summed E-state index contributed by atoms with van der Waals surface area (Å²) in [5, 5.41) is 3.96. The van der Waals surface area contributed by atoms with Crippen LogP contribution >= 0.6 is 27.5 Å². The second kappa shape index (κ2) is 6.86. The summed E-state index contributed by atoms with van der Waals surface area (Å²) in [7, 11) is 0. The predicted molar refractivity (Wildman–Crippen MR) is 88.5 cm³/mol. The van der Waals surface area contributed by atoms with Crippen LogP contribution in [0.25, 0.3) is 0 Å². The monoisotopic (exact) mass is 354 g/mol. The summed E-state index contributed by atoms with van der Waals surface area (Å²) in [5.74, 6) is 0.756. The molecule has 0 aliphatic heterocycles. The fraction of sp³-hybridized carbons (Fsp3) is 0.200. The number of benzene rings is 2. The average molecular weight is 356 g/mol. The van der Waals surface area contributed by atoms with Crippen LogP contribution < -0.4 is 15.8 Å². The van der Waals surface area contributed by atoms with Gasteiger partial charge < -0.3 is 15.8 Å². The van der Waals surface area contributed by atoms with Gasteiger partial charge in [0.2, 0.25) is 0 Å². The smallest absolute Gasteiger partial charge is 0.156 e. The van der Waals surface area contributed by atoms with Crippen LogP contribution in [0.2, 0.25) is 5.02 Å². The van der Waals surface area contributed by atoms with E-state index in [-0.39, 0.29) is 0 Å². The van der Waals surface area contributed by atoms with Crippen molar-refractivity contribution >= 4 is 38.9 Å². The Hall–Kier alpha value is -1.39. The SMILES string of the molecule is CCOc1c(Br)cc(Cl)cc1NCc1ccccc1N. The fourth-order valence-corrected chi connectivity index (χ4v) is 2.79. The number of nitrogens with two attached hydrogens (primary N) is 1. The number of nitrogens with one attached hydrogen (secondary N) is 1. The molecule has 0 bridgehead atoms. The first-order chi connectivity index (χ1) is 9.61. The van der Waals surface area contributed by atoms with Crippen molar-refractivity contribution in [3.05, 3.63) is 51.5 Å². The highest BCUT2D eigenvalue weighted by atomic mass is 79.9. The molecule has 0 radical (unpaired) electrons. The van der Waals surface area contributed by atoms with E-state index in [2.05, 4.69) is 21.2 Å². The molecule has 3 nitrogen and oxygen atoms in total. The molecule has 2 aromatic rings. The summed E-state index contributed by atoms with van der Waals surface area (Å²) >= 11 is 9.55. The van der Waals surface area contributed by atoms with Crippen molar-refractivity contribution in [3.63, 3.8) is 0 Å². The van der Waals surface area contributed by atoms with Gasteiger partial charge in [-0.15, -0.1) is 0 Å². The van der Waals surface area contributed by atoms with Gasteiger partial charge in [0.25, 0.3) is 0 Å². The lowest BCUT2D eigenvalue weighted by Gasteiger charge is -2.15. The van der Waals surface area contributed by atoms with Gasteiger partial charge in [0.05, 0.1) is 16.8 Å². The van der Waals surface area contributed by atoms with Crippen LogP contribution in [0.3, 0.4) is 0 Å². The highest BCUT2D eigenvalue weighted by Crippen LogP contribution is 2.37. The zero-order chi connectivity index (χ0) is 14.5. The Kier molecular flexibility index (Phi) is 5.15. The molecule has 106 valence electrons. The van der Waals surface area contributed by atoms with Crippen molar-refractivity contribution in [2.24, 2.45) is 0 Å². The van der Waals surface area contributed by atoms with Crippen LogP contribution in [0.1, 0.15) is 12.5 Å². The van der Waals surface area contributed by atoms with Crippen molar-refractivity contribution in [1.82, 2.24) is 0 Å². The molecule has 0 saturated carbocycles. The van der Waals surface area contributed by atoms with Gasteiger partial charge in [-0.3, -0.25) is 0 Å². The van der Waals surface area contributed by atoms with E-state index in [4.69, 9.17) is 22.1 Å². The van der Waals surface area contributed by atoms with Crippen LogP contribution in [0.4, 0.5) is 11.4 Å². The van der Waals surface area contributed by atoms with Gasteiger partial charge in [0, 0.05) is 17.3 Å². The predicted octanol–water partition coefficient (Wildman–Crippen LogP) is 4.70. The molecule has 0 amide bonds. The number of nitrogen functional groups attached to an aromatic ring is 1. The van der Waals surface area contributed by atoms with Crippen molar-refractivity contribution in [3.8, 4) is 5.75 Å². The van der Waals surface area contributed by atoms with E-state index >= 15 is 0 Å². The lowest BCUT2D eigenvalue weighted by atomic mass is 10.2. The number of anilines is 2. The molecule has 0 aliphatic carbocycles. The number of para-hydroxylation sites is 1. The first-order valence-electron chi connectivity index (χ1n) is 6.31. The van der Waals surface area contributed by atoms with Gasteiger partial charge in [-0.05, 0) is 46.6 Å². The van der Waals surface area contributed by atoms with Gasteiger partial charge in [0.15, 0.2) is 5.75 Å². The lowest BCUT2D eigenvalue weighted by molar-refractivity contribution is 0.339. The minimum Gasteiger partial charge on any atom is -0.491 e. The Morgan fingerprint density at radius 2 is 2.05 bits per heavy atom. The van der Waals surface area contributed by atoms with Crippen molar-refractivity contribution in [2.75, 3.05) is 17.7 Å². The van der Waals surface area contributed by atoms with E-state index in [9.17, 15) is 0 Å². The molecule has 0 unspecified atom stereocenters. The van der Waals surface area contributed by atoms with E-state index in [1.807, 2.05) is 43.3 Å². The van der Waals surface area contributed by atoms with Crippen molar-refractivity contribution in [1.29, 1.82) is 0 Å². The van der Waals surface area contributed by atoms with E-state index in [1.54, 1.807) is 0 Å². The maximum atomic E-state index is 6.09. The number of halogens is 2. The van der Waals surface area contributed by atoms with E-state index in [0.717, 1.165) is 27.2 Å². The Morgan fingerprint density at radius 3 is 2.75 bits per heavy atom. The Morgan fingerprint density at radius 1 is 1.30 bits per heavy atom. The molecule has 0 saturated heterocycles. The topological polar surface area (TPSA) is 47.3 Å². The summed E-state index contributed by atoms with van der Waals surface area (Å²) < 4.78 is 6.47. The molecule has 0 fully saturated rings. The molecule has 5 heteroatoms. The van der Waals surface area contributed by atoms with Crippen molar-refractivity contribution in [2.45, 2.75) is 13.5 Å². The van der Waals surface area contributed by atoms with Crippen LogP contribution in [0.15, 0.2) is 40.9 Å². The quantitative estimate of drug-likeness (QED) is 0.765. The normalized spacial score (nSPS) is 10.3. The summed E-state index contributed by atoms with van der Waals surface area (Å²) in [4.78, 5) is 0. The minimum absolute atomic E-state index is 0.586. The first kappa shape index (κ1) is 15.0. The first-order valence-corrected chi connectivity index (χ1v) is 7.48. The molecule has 2 aromatic carbocycles. The molecular formula is C15H16BrClN2O. The Balaban J connectivity index is 2.22. The van der Waals surface area contributed by atoms with E-state index in [1.165, 1.54) is 0 Å². The van der Waals surface area contributed by atoms with Crippen LogP contribution in [0, 0.1) is 0 Å². The molecule has 0 atom stereocenters. The van der Waals surface area contributed by atoms with Crippen molar-refractivity contribution < 1.29 is 4.74 Å². The second-order valence-electron chi connectivity index (χ2n) is 4.25. The molecule has 20 heavy (non-hydrogen) atoms. The Bertz CT molecular complexity index is 604. The van der Waals surface area contributed by atoms with Gasteiger partial charge in [-0.25, -0.2) is 0 Å². The summed E-state index contributed by atoms with van der Waals surface area (Å²) in [6, 6.07) is 11.4. The van der Waals surface area contributed by atoms with Crippen LogP contribution in [0.5, 0.6) is 5.75 Å². The number of ether oxygens (including phenoxy) is 1. The third-order valence-corrected chi connectivity index (χ3v) is 3.63. The highest BCUT2D eigenvalue weighted by molar-refractivity contribution is 9.10. The molecule has 3 N–H and O–H groups in total. The number of hydrogen-bond acceptors (Lipinski definition) is 3. The molecule has 0 aromatic heterocycles. The third-order valence-electron chi connectivity index (χ3n) is 2.82. The standard InChI is InChI=1S/C15H16BrClN2O/c1-2-20-15-12(16)7-11(17)8-14(15)19-9-10-5-3-4-6-13(10)18/h3-8,19H,2,9,18H2,1H3. The van der Waals surface area contributed by atoms with E-state index in [0.29, 0.717) is 18.2 Å². The minimum atomic E-state index is 0.586. The lowest BCUT2D eigenvalue weighted by Crippen LogP contribution is -2.05. The summed E-state index contributed by atoms with van der Waals surface area (Å²) in [6.07, 6.45) is 0. The van der Waals surface area contributed by atoms with E-state index < -0.39 is 0 Å². The van der Waals surface area contributed by atoms with Gasteiger partial charge in [-0.2, -0.15) is 0 Å². The number of rotatable bonds is 5. The van der Waals surface area contributed by atoms with Gasteiger partial charge >= 0.3 is 0 Å². The summed E-state index contributed by atoms with van der Waals surface area (Å²) in [5.41, 5.74) is 8.57. The largest absolute Gasteiger partial charge is 0.491 e. The molecule has 2 rings (SSSR count). The zero-order valence-electron chi connectivity index (χ0n) is 11.1. The molecule has 0 spiro atoms. The van der Waals surface area contributed by atoms with Gasteiger partial charge in [-0.1, -0.05) is 29.8 Å². The maximum Gasteiger partial charge on any atom is 0.156 e. The Labute approximate surface area is 132 Å². The van der Waals surface area contributed by atoms with Gasteiger partial charge in [0.1, 0.15) is 0 Å². The number of hydrogen-bond donors (Lipinski definition) is 2. The maximum absolute atomic E-state index is 6.09. The molecular weight excluding hydrogens is 340 g/mol. The summed E-state index contributed by atoms with van der Waals surface area (Å²) in [6.45, 7) is 3.14. The third kappa shape index (κ3) is 3.58. The zero-order valence-corrected chi connectivity index (χ0v) is 13.5. The fourth-order valence-electron chi connectivity index (χ4n) is 1.87.